The summed E-state index contributed by atoms with van der Waals surface area (Å²) in [6.45, 7) is 2.35. The fourth-order valence-electron chi connectivity index (χ4n) is 4.15. The van der Waals surface area contributed by atoms with Crippen molar-refractivity contribution in [2.75, 3.05) is 25.4 Å². The predicted molar refractivity (Wildman–Crippen MR) is 130 cm³/mol. The Morgan fingerprint density at radius 2 is 1.42 bits per heavy atom. The Morgan fingerprint density at radius 1 is 0.879 bits per heavy atom. The summed E-state index contributed by atoms with van der Waals surface area (Å²) >= 11 is 1.76. The van der Waals surface area contributed by atoms with Gasteiger partial charge in [0.2, 0.25) is 0 Å². The second-order valence-electron chi connectivity index (χ2n) is 8.24. The Morgan fingerprint density at radius 3 is 1.97 bits per heavy atom. The minimum Gasteiger partial charge on any atom is -0.339 e. The summed E-state index contributed by atoms with van der Waals surface area (Å²) < 4.78 is 26.8. The molecule has 0 spiro atoms. The van der Waals surface area contributed by atoms with Crippen LogP contribution in [-0.4, -0.2) is 42.2 Å². The number of nitrogens with one attached hydrogen (secondary N) is 1. The molecule has 3 nitrogen and oxygen atoms in total. The molecule has 172 valence electrons. The van der Waals surface area contributed by atoms with E-state index in [2.05, 4.69) is 5.32 Å². The second kappa shape index (κ2) is 11.4. The molecule has 3 aromatic carbocycles. The van der Waals surface area contributed by atoms with Gasteiger partial charge in [0.15, 0.2) is 0 Å². The van der Waals surface area contributed by atoms with Gasteiger partial charge < -0.3 is 10.2 Å². The van der Waals surface area contributed by atoms with E-state index in [4.69, 9.17) is 0 Å². The third-order valence-corrected chi connectivity index (χ3v) is 7.29. The number of piperidine rings is 1. The van der Waals surface area contributed by atoms with Gasteiger partial charge in [-0.15, -0.1) is 11.8 Å². The first-order valence-corrected chi connectivity index (χ1v) is 12.4. The number of rotatable bonds is 8. The molecular weight excluding hydrogens is 438 g/mol. The van der Waals surface area contributed by atoms with E-state index < -0.39 is 0 Å². The van der Waals surface area contributed by atoms with Gasteiger partial charge in [0.05, 0.1) is 5.25 Å². The Labute approximate surface area is 198 Å². The monoisotopic (exact) mass is 466 g/mol. The van der Waals surface area contributed by atoms with Crippen LogP contribution in [0.4, 0.5) is 8.78 Å². The van der Waals surface area contributed by atoms with Crippen molar-refractivity contribution in [3.63, 3.8) is 0 Å². The van der Waals surface area contributed by atoms with Crippen LogP contribution in [0.15, 0.2) is 78.9 Å². The van der Waals surface area contributed by atoms with Crippen molar-refractivity contribution in [3.8, 4) is 0 Å². The van der Waals surface area contributed by atoms with Gasteiger partial charge in [-0.1, -0.05) is 42.5 Å². The summed E-state index contributed by atoms with van der Waals surface area (Å²) in [6, 6.07) is 22.9. The summed E-state index contributed by atoms with van der Waals surface area (Å²) in [6.07, 6.45) is 1.87. The van der Waals surface area contributed by atoms with Gasteiger partial charge in [-0.2, -0.15) is 0 Å². The standard InChI is InChI=1S/C27H28F2N2OS/c28-23-10-6-20(7-11-23)26(21-8-12-24(29)13-9-21)33-19-16-30-25-14-17-31(18-15-25)27(32)22-4-2-1-3-5-22/h1-13,25-26,30H,14-19H2. The van der Waals surface area contributed by atoms with E-state index in [0.717, 1.165) is 54.9 Å². The molecule has 33 heavy (non-hydrogen) atoms. The van der Waals surface area contributed by atoms with Crippen LogP contribution < -0.4 is 5.32 Å². The summed E-state index contributed by atoms with van der Waals surface area (Å²) in [5, 5.41) is 3.63. The van der Waals surface area contributed by atoms with Gasteiger partial charge in [-0.05, 0) is 60.4 Å². The van der Waals surface area contributed by atoms with Crippen molar-refractivity contribution in [1.82, 2.24) is 10.2 Å². The van der Waals surface area contributed by atoms with Crippen LogP contribution >= 0.6 is 11.8 Å². The number of hydrogen-bond acceptors (Lipinski definition) is 3. The van der Waals surface area contributed by atoms with E-state index in [9.17, 15) is 13.6 Å². The van der Waals surface area contributed by atoms with E-state index in [1.807, 2.05) is 35.2 Å². The number of carbonyl (C=O) groups excluding carboxylic acids is 1. The quantitative estimate of drug-likeness (QED) is 0.434. The number of amides is 1. The molecule has 6 heteroatoms. The average Bonchev–Trinajstić information content (AvgIpc) is 2.86. The van der Waals surface area contributed by atoms with Crippen LogP contribution in [0.1, 0.15) is 39.6 Å². The summed E-state index contributed by atoms with van der Waals surface area (Å²) in [4.78, 5) is 14.5. The molecule has 1 N–H and O–H groups in total. The fraction of sp³-hybridized carbons (Fsp3) is 0.296. The molecular formula is C27H28F2N2OS. The van der Waals surface area contributed by atoms with Crippen LogP contribution in [-0.2, 0) is 0 Å². The number of benzene rings is 3. The molecule has 0 aromatic heterocycles. The van der Waals surface area contributed by atoms with Crippen molar-refractivity contribution in [2.45, 2.75) is 24.1 Å². The molecule has 0 aliphatic carbocycles. The zero-order valence-electron chi connectivity index (χ0n) is 18.4. The lowest BCUT2D eigenvalue weighted by atomic mass is 10.0. The lowest BCUT2D eigenvalue weighted by Gasteiger charge is -2.32. The van der Waals surface area contributed by atoms with Crippen LogP contribution in [0.5, 0.6) is 0 Å². The van der Waals surface area contributed by atoms with Gasteiger partial charge in [-0.25, -0.2) is 8.78 Å². The highest BCUT2D eigenvalue weighted by Crippen LogP contribution is 2.35. The molecule has 0 radical (unpaired) electrons. The van der Waals surface area contributed by atoms with E-state index in [-0.39, 0.29) is 22.8 Å². The van der Waals surface area contributed by atoms with Crippen molar-refractivity contribution in [1.29, 1.82) is 0 Å². The molecule has 0 unspecified atom stereocenters. The molecule has 4 rings (SSSR count). The minimum absolute atomic E-state index is 0.0124. The SMILES string of the molecule is O=C(c1ccccc1)N1CCC(NCCSC(c2ccc(F)cc2)c2ccc(F)cc2)CC1. The lowest BCUT2D eigenvalue weighted by molar-refractivity contribution is 0.0706. The molecule has 0 saturated carbocycles. The van der Waals surface area contributed by atoms with Crippen LogP contribution in [0.25, 0.3) is 0 Å². The Balaban J connectivity index is 1.26. The first-order valence-electron chi connectivity index (χ1n) is 11.3. The van der Waals surface area contributed by atoms with Gasteiger partial charge in [0.1, 0.15) is 11.6 Å². The molecule has 1 aliphatic heterocycles. The van der Waals surface area contributed by atoms with Gasteiger partial charge in [-0.3, -0.25) is 4.79 Å². The molecule has 0 atom stereocenters. The van der Waals surface area contributed by atoms with Crippen LogP contribution in [0.2, 0.25) is 0 Å². The largest absolute Gasteiger partial charge is 0.339 e. The predicted octanol–water partition coefficient (Wildman–Crippen LogP) is 5.68. The summed E-state index contributed by atoms with van der Waals surface area (Å²) in [5.74, 6) is 0.439. The maximum absolute atomic E-state index is 13.4. The van der Waals surface area contributed by atoms with E-state index >= 15 is 0 Å². The second-order valence-corrected chi connectivity index (χ2v) is 9.45. The third-order valence-electron chi connectivity index (χ3n) is 5.97. The number of nitrogens with zero attached hydrogens (tertiary/aromatic N) is 1. The molecule has 1 aliphatic rings. The molecule has 0 bridgehead atoms. The molecule has 1 fully saturated rings. The lowest BCUT2D eigenvalue weighted by Crippen LogP contribution is -2.45. The number of hydrogen-bond donors (Lipinski definition) is 1. The third kappa shape index (κ3) is 6.42. The Hall–Kier alpha value is -2.70. The maximum atomic E-state index is 13.4. The first kappa shape index (κ1) is 23.5. The highest BCUT2D eigenvalue weighted by molar-refractivity contribution is 7.99. The van der Waals surface area contributed by atoms with Crippen LogP contribution in [0.3, 0.4) is 0 Å². The Bertz CT molecular complexity index is 975. The Kier molecular flexibility index (Phi) is 8.13. The highest BCUT2D eigenvalue weighted by atomic mass is 32.2. The van der Waals surface area contributed by atoms with Gasteiger partial charge >= 0.3 is 0 Å². The fourth-order valence-corrected chi connectivity index (χ4v) is 5.32. The van der Waals surface area contributed by atoms with E-state index in [0.29, 0.717) is 6.04 Å². The summed E-state index contributed by atoms with van der Waals surface area (Å²) in [5.41, 5.74) is 2.74. The summed E-state index contributed by atoms with van der Waals surface area (Å²) in [7, 11) is 0. The van der Waals surface area contributed by atoms with E-state index in [1.54, 1.807) is 36.0 Å². The van der Waals surface area contributed by atoms with Gasteiger partial charge in [0.25, 0.3) is 5.91 Å². The minimum atomic E-state index is -0.264. The number of halogens is 2. The van der Waals surface area contributed by atoms with Crippen molar-refractivity contribution in [3.05, 3.63) is 107 Å². The topological polar surface area (TPSA) is 32.3 Å². The van der Waals surface area contributed by atoms with Gasteiger partial charge in [0, 0.05) is 37.0 Å². The molecule has 1 heterocycles. The van der Waals surface area contributed by atoms with Crippen molar-refractivity contribution >= 4 is 17.7 Å². The number of likely N-dealkylation sites (tertiary alicyclic amines) is 1. The smallest absolute Gasteiger partial charge is 0.253 e. The average molecular weight is 467 g/mol. The van der Waals surface area contributed by atoms with E-state index in [1.165, 1.54) is 24.3 Å². The normalized spacial score (nSPS) is 14.6. The zero-order chi connectivity index (χ0) is 23.0. The molecule has 3 aromatic rings. The molecule has 1 saturated heterocycles. The van der Waals surface area contributed by atoms with Crippen molar-refractivity contribution in [2.24, 2.45) is 0 Å². The number of carbonyl (C=O) groups is 1. The first-order chi connectivity index (χ1) is 16.1. The molecule has 1 amide bonds. The van der Waals surface area contributed by atoms with Crippen LogP contribution in [0, 0.1) is 11.6 Å². The number of thioether (sulfide) groups is 1. The highest BCUT2D eigenvalue weighted by Gasteiger charge is 2.23. The zero-order valence-corrected chi connectivity index (χ0v) is 19.2. The maximum Gasteiger partial charge on any atom is 0.253 e. The van der Waals surface area contributed by atoms with Crippen molar-refractivity contribution < 1.29 is 13.6 Å².